The lowest BCUT2D eigenvalue weighted by atomic mass is 10.1. The molecule has 2 heterocycles. The van der Waals surface area contributed by atoms with Gasteiger partial charge in [-0.3, -0.25) is 4.99 Å². The zero-order valence-corrected chi connectivity index (χ0v) is 16.2. The number of halogens is 4. The van der Waals surface area contributed by atoms with E-state index in [1.807, 2.05) is 11.9 Å². The van der Waals surface area contributed by atoms with Gasteiger partial charge in [0.15, 0.2) is 5.96 Å². The summed E-state index contributed by atoms with van der Waals surface area (Å²) in [6.07, 6.45) is -3.25. The molecule has 0 spiro atoms. The van der Waals surface area contributed by atoms with Gasteiger partial charge >= 0.3 is 6.18 Å². The van der Waals surface area contributed by atoms with Crippen LogP contribution in [0, 0.1) is 5.92 Å². The number of hydrogen-bond acceptors (Lipinski definition) is 3. The van der Waals surface area contributed by atoms with Crippen molar-refractivity contribution in [3.05, 3.63) is 21.9 Å². The highest BCUT2D eigenvalue weighted by atomic mass is 127. The van der Waals surface area contributed by atoms with Gasteiger partial charge in [0, 0.05) is 39.7 Å². The highest BCUT2D eigenvalue weighted by Crippen LogP contribution is 2.34. The average Bonchev–Trinajstić information content (AvgIpc) is 3.09. The Hall–Kier alpha value is -0.550. The van der Waals surface area contributed by atoms with Gasteiger partial charge in [0.25, 0.3) is 0 Å². The largest absolute Gasteiger partial charge is 0.425 e. The second-order valence-electron chi connectivity index (χ2n) is 5.33. The van der Waals surface area contributed by atoms with Crippen molar-refractivity contribution in [2.75, 3.05) is 33.9 Å². The molecule has 1 aromatic rings. The van der Waals surface area contributed by atoms with Crippen LogP contribution in [0.25, 0.3) is 0 Å². The molecule has 1 aromatic heterocycles. The van der Waals surface area contributed by atoms with Crippen LogP contribution in [0.1, 0.15) is 16.9 Å². The summed E-state index contributed by atoms with van der Waals surface area (Å²) in [7, 11) is 3.58. The monoisotopic (exact) mass is 463 g/mol. The van der Waals surface area contributed by atoms with Gasteiger partial charge in [-0.25, -0.2) is 0 Å². The molecule has 1 atom stereocenters. The highest BCUT2D eigenvalue weighted by Gasteiger charge is 2.32. The molecule has 0 aromatic carbocycles. The molecule has 1 aliphatic rings. The Morgan fingerprint density at radius 1 is 1.52 bits per heavy atom. The van der Waals surface area contributed by atoms with E-state index in [1.165, 1.54) is 11.4 Å². The van der Waals surface area contributed by atoms with Gasteiger partial charge in [-0.2, -0.15) is 13.2 Å². The Morgan fingerprint density at radius 3 is 2.78 bits per heavy atom. The summed E-state index contributed by atoms with van der Waals surface area (Å²) < 4.78 is 43.0. The molecule has 0 saturated carbocycles. The van der Waals surface area contributed by atoms with E-state index < -0.39 is 11.1 Å². The third-order valence-corrected chi connectivity index (χ3v) is 4.54. The number of hydrogen-bond donors (Lipinski definition) is 1. The van der Waals surface area contributed by atoms with Crippen LogP contribution in [0.4, 0.5) is 13.2 Å². The Bertz CT molecular complexity index is 516. The Labute approximate surface area is 155 Å². The normalized spacial score (nSPS) is 18.7. The van der Waals surface area contributed by atoms with E-state index in [0.717, 1.165) is 26.2 Å². The van der Waals surface area contributed by atoms with Gasteiger partial charge in [-0.1, -0.05) is 0 Å². The van der Waals surface area contributed by atoms with E-state index in [9.17, 15) is 13.2 Å². The van der Waals surface area contributed by atoms with Crippen LogP contribution < -0.4 is 5.32 Å². The first-order valence-electron chi connectivity index (χ1n) is 7.04. The number of rotatable bonds is 4. The molecule has 1 unspecified atom stereocenters. The fourth-order valence-electron chi connectivity index (χ4n) is 2.38. The average molecular weight is 463 g/mol. The number of nitrogens with one attached hydrogen (secondary N) is 1. The van der Waals surface area contributed by atoms with Crippen molar-refractivity contribution in [1.82, 2.24) is 10.2 Å². The molecule has 0 aliphatic carbocycles. The molecule has 9 heteroatoms. The van der Waals surface area contributed by atoms with Crippen molar-refractivity contribution in [2.45, 2.75) is 19.1 Å². The van der Waals surface area contributed by atoms with E-state index >= 15 is 0 Å². The topological polar surface area (TPSA) is 36.9 Å². The minimum atomic E-state index is -4.27. The Kier molecular flexibility index (Phi) is 8.08. The third kappa shape index (κ3) is 6.11. The molecule has 1 fully saturated rings. The fourth-order valence-corrected chi connectivity index (χ4v) is 3.17. The summed E-state index contributed by atoms with van der Waals surface area (Å²) in [4.78, 5) is 5.58. The first kappa shape index (κ1) is 20.5. The number of thiophene rings is 1. The van der Waals surface area contributed by atoms with Gasteiger partial charge in [0.05, 0.1) is 6.61 Å². The van der Waals surface area contributed by atoms with Gasteiger partial charge < -0.3 is 15.0 Å². The van der Waals surface area contributed by atoms with E-state index in [4.69, 9.17) is 4.74 Å². The number of ether oxygens (including phenoxy) is 1. The number of guanidine groups is 1. The van der Waals surface area contributed by atoms with Crippen molar-refractivity contribution in [1.29, 1.82) is 0 Å². The Morgan fingerprint density at radius 2 is 2.26 bits per heavy atom. The van der Waals surface area contributed by atoms with Crippen molar-refractivity contribution >= 4 is 41.3 Å². The van der Waals surface area contributed by atoms with Crippen LogP contribution in [0.15, 0.2) is 16.4 Å². The highest BCUT2D eigenvalue weighted by molar-refractivity contribution is 14.0. The SMILES string of the molecule is CN=C(NCc1csc(C(F)(F)F)c1)N(C)CC1CCOC1.I. The zero-order chi connectivity index (χ0) is 16.2. The van der Waals surface area contributed by atoms with Crippen molar-refractivity contribution in [3.8, 4) is 0 Å². The first-order chi connectivity index (χ1) is 10.4. The molecule has 132 valence electrons. The van der Waals surface area contributed by atoms with Gasteiger partial charge in [0.2, 0.25) is 0 Å². The smallest absolute Gasteiger partial charge is 0.381 e. The van der Waals surface area contributed by atoms with E-state index in [0.29, 0.717) is 35.3 Å². The molecule has 1 saturated heterocycles. The molecule has 23 heavy (non-hydrogen) atoms. The standard InChI is InChI=1S/C14H20F3N3OS.HI/c1-18-13(20(2)7-10-3-4-21-8-10)19-6-11-5-12(22-9-11)14(15,16)17;/h5,9-10H,3-4,6-8H2,1-2H3,(H,18,19);1H. The van der Waals surface area contributed by atoms with Crippen LogP contribution in [-0.4, -0.2) is 44.7 Å². The second kappa shape index (κ2) is 9.07. The quantitative estimate of drug-likeness (QED) is 0.423. The van der Waals surface area contributed by atoms with E-state index in [-0.39, 0.29) is 24.0 Å². The summed E-state index contributed by atoms with van der Waals surface area (Å²) in [5.41, 5.74) is 0.607. The predicted molar refractivity (Wildman–Crippen MR) is 96.5 cm³/mol. The van der Waals surface area contributed by atoms with Gasteiger partial charge in [-0.05, 0) is 23.4 Å². The number of aliphatic imine (C=N–C) groups is 1. The maximum Gasteiger partial charge on any atom is 0.425 e. The minimum absolute atomic E-state index is 0. The maximum absolute atomic E-state index is 12.6. The molecule has 2 rings (SSSR count). The second-order valence-corrected chi connectivity index (χ2v) is 6.24. The predicted octanol–water partition coefficient (Wildman–Crippen LogP) is 3.43. The minimum Gasteiger partial charge on any atom is -0.381 e. The van der Waals surface area contributed by atoms with Crippen molar-refractivity contribution < 1.29 is 17.9 Å². The van der Waals surface area contributed by atoms with Gasteiger partial charge in [0.1, 0.15) is 4.88 Å². The molecule has 1 N–H and O–H groups in total. The van der Waals surface area contributed by atoms with E-state index in [2.05, 4.69) is 10.3 Å². The summed E-state index contributed by atoms with van der Waals surface area (Å²) in [6, 6.07) is 1.18. The van der Waals surface area contributed by atoms with Crippen LogP contribution in [0.5, 0.6) is 0 Å². The number of nitrogens with zero attached hydrogens (tertiary/aromatic N) is 2. The van der Waals surface area contributed by atoms with Crippen LogP contribution in [-0.2, 0) is 17.5 Å². The zero-order valence-electron chi connectivity index (χ0n) is 13.0. The lowest BCUT2D eigenvalue weighted by molar-refractivity contribution is -0.134. The Balaban J connectivity index is 0.00000264. The van der Waals surface area contributed by atoms with Gasteiger partial charge in [-0.15, -0.1) is 35.3 Å². The first-order valence-corrected chi connectivity index (χ1v) is 7.92. The van der Waals surface area contributed by atoms with Crippen LogP contribution in [0.3, 0.4) is 0 Å². The maximum atomic E-state index is 12.6. The summed E-state index contributed by atoms with van der Waals surface area (Å²) >= 11 is 0.715. The molecule has 4 nitrogen and oxygen atoms in total. The molecular weight excluding hydrogens is 442 g/mol. The van der Waals surface area contributed by atoms with Crippen LogP contribution in [0.2, 0.25) is 0 Å². The molecule has 1 aliphatic heterocycles. The molecule has 0 radical (unpaired) electrons. The summed E-state index contributed by atoms with van der Waals surface area (Å²) in [5.74, 6) is 1.15. The third-order valence-electron chi connectivity index (χ3n) is 3.51. The number of alkyl halides is 3. The van der Waals surface area contributed by atoms with E-state index in [1.54, 1.807) is 7.05 Å². The summed E-state index contributed by atoms with van der Waals surface area (Å²) in [6.45, 7) is 2.68. The van der Waals surface area contributed by atoms with Crippen molar-refractivity contribution in [3.63, 3.8) is 0 Å². The molecular formula is C14H21F3IN3OS. The van der Waals surface area contributed by atoms with Crippen molar-refractivity contribution in [2.24, 2.45) is 10.9 Å². The van der Waals surface area contributed by atoms with Crippen LogP contribution >= 0.6 is 35.3 Å². The lowest BCUT2D eigenvalue weighted by Crippen LogP contribution is -2.41. The lowest BCUT2D eigenvalue weighted by Gasteiger charge is -2.24. The molecule has 0 bridgehead atoms. The molecule has 0 amide bonds. The summed E-state index contributed by atoms with van der Waals surface area (Å²) in [5, 5.41) is 4.62. The fraction of sp³-hybridized carbons (Fsp3) is 0.643.